The maximum absolute atomic E-state index is 5.91. The van der Waals surface area contributed by atoms with Crippen molar-refractivity contribution in [2.45, 2.75) is 36.4 Å². The summed E-state index contributed by atoms with van der Waals surface area (Å²) in [4.78, 5) is 4.73. The van der Waals surface area contributed by atoms with Crippen molar-refractivity contribution in [2.24, 2.45) is 0 Å². The van der Waals surface area contributed by atoms with E-state index >= 15 is 0 Å². The summed E-state index contributed by atoms with van der Waals surface area (Å²) in [5.41, 5.74) is 3.06. The van der Waals surface area contributed by atoms with Crippen molar-refractivity contribution in [3.05, 3.63) is 65.7 Å². The summed E-state index contributed by atoms with van der Waals surface area (Å²) < 4.78 is 13.4. The number of para-hydroxylation sites is 1. The Morgan fingerprint density at radius 1 is 1.15 bits per heavy atom. The topological polar surface area (TPSA) is 74.1 Å². The number of aromatic nitrogens is 4. The normalized spacial score (nSPS) is 15.6. The summed E-state index contributed by atoms with van der Waals surface area (Å²) >= 11 is 3.26. The fraction of sp³-hybridized carbons (Fsp3) is 0.292. The molecule has 0 unspecified atom stereocenters. The van der Waals surface area contributed by atoms with Crippen molar-refractivity contribution in [1.82, 2.24) is 19.7 Å². The van der Waals surface area contributed by atoms with Gasteiger partial charge < -0.3 is 14.8 Å². The predicted molar refractivity (Wildman–Crippen MR) is 132 cm³/mol. The zero-order valence-electron chi connectivity index (χ0n) is 18.3. The Labute approximate surface area is 201 Å². The van der Waals surface area contributed by atoms with Crippen LogP contribution < -0.4 is 10.1 Å². The maximum Gasteiger partial charge on any atom is 0.191 e. The van der Waals surface area contributed by atoms with Gasteiger partial charge in [-0.3, -0.25) is 4.57 Å². The van der Waals surface area contributed by atoms with Gasteiger partial charge in [-0.1, -0.05) is 30.0 Å². The van der Waals surface area contributed by atoms with E-state index in [4.69, 9.17) is 14.5 Å². The molecule has 33 heavy (non-hydrogen) atoms. The van der Waals surface area contributed by atoms with Crippen LogP contribution in [0.15, 0.2) is 65.1 Å². The molecule has 0 aliphatic carbocycles. The van der Waals surface area contributed by atoms with Crippen LogP contribution in [0.5, 0.6) is 5.75 Å². The molecule has 5 rings (SSSR count). The van der Waals surface area contributed by atoms with Crippen LogP contribution in [0.4, 0.5) is 10.8 Å². The molecule has 2 aromatic heterocycles. The summed E-state index contributed by atoms with van der Waals surface area (Å²) in [5.74, 6) is 2.39. The van der Waals surface area contributed by atoms with Crippen molar-refractivity contribution in [3.8, 4) is 17.1 Å². The Hall–Kier alpha value is -2.88. The highest BCUT2D eigenvalue weighted by molar-refractivity contribution is 7.98. The van der Waals surface area contributed by atoms with E-state index in [0.29, 0.717) is 0 Å². The minimum Gasteiger partial charge on any atom is -0.497 e. The molecule has 0 bridgehead atoms. The summed E-state index contributed by atoms with van der Waals surface area (Å²) in [7, 11) is 1.67. The highest BCUT2D eigenvalue weighted by Crippen LogP contribution is 2.30. The molecule has 1 aliphatic rings. The number of thiazole rings is 1. The lowest BCUT2D eigenvalue weighted by atomic mass is 10.2. The number of nitrogens with zero attached hydrogens (tertiary/aromatic N) is 4. The molecule has 9 heteroatoms. The van der Waals surface area contributed by atoms with Gasteiger partial charge in [-0.05, 0) is 49.2 Å². The number of rotatable bonds is 9. The summed E-state index contributed by atoms with van der Waals surface area (Å²) in [6, 6.07) is 18.0. The van der Waals surface area contributed by atoms with E-state index in [-0.39, 0.29) is 6.10 Å². The SMILES string of the molecule is COc1ccc(-c2nnc(SCc3csc(Nc4ccccc4)n3)n2C[C@@H]2CCCO2)cc1. The van der Waals surface area contributed by atoms with Crippen molar-refractivity contribution in [2.75, 3.05) is 19.0 Å². The van der Waals surface area contributed by atoms with Gasteiger partial charge in [-0.2, -0.15) is 0 Å². The molecule has 1 atom stereocenters. The van der Waals surface area contributed by atoms with Crippen molar-refractivity contribution >= 4 is 33.9 Å². The molecule has 1 N–H and O–H groups in total. The lowest BCUT2D eigenvalue weighted by Gasteiger charge is -2.14. The van der Waals surface area contributed by atoms with Crippen molar-refractivity contribution in [1.29, 1.82) is 0 Å². The van der Waals surface area contributed by atoms with Gasteiger partial charge >= 0.3 is 0 Å². The van der Waals surface area contributed by atoms with Crippen LogP contribution in [0.1, 0.15) is 18.5 Å². The third kappa shape index (κ3) is 5.38. The number of methoxy groups -OCH3 is 1. The van der Waals surface area contributed by atoms with Crippen LogP contribution in [-0.2, 0) is 17.0 Å². The molecule has 1 saturated heterocycles. The molecule has 0 amide bonds. The number of nitrogens with one attached hydrogen (secondary N) is 1. The average Bonchev–Trinajstić information content (AvgIpc) is 3.61. The van der Waals surface area contributed by atoms with Crippen LogP contribution in [0.3, 0.4) is 0 Å². The number of hydrogen-bond acceptors (Lipinski definition) is 8. The molecule has 7 nitrogen and oxygen atoms in total. The van der Waals surface area contributed by atoms with Crippen LogP contribution in [0.25, 0.3) is 11.4 Å². The lowest BCUT2D eigenvalue weighted by Crippen LogP contribution is -2.16. The van der Waals surface area contributed by atoms with Crippen LogP contribution >= 0.6 is 23.1 Å². The van der Waals surface area contributed by atoms with E-state index in [1.165, 1.54) is 0 Å². The van der Waals surface area contributed by atoms with Gasteiger partial charge in [0.15, 0.2) is 16.1 Å². The third-order valence-corrected chi connectivity index (χ3v) is 7.21. The predicted octanol–water partition coefficient (Wildman–Crippen LogP) is 5.63. The second-order valence-corrected chi connectivity index (χ2v) is 9.50. The standard InChI is InChI=1S/C24H25N5O2S2/c1-30-20-11-9-17(10-12-20)22-27-28-24(29(22)14-21-8-5-13-31-21)33-16-19-15-32-23(26-19)25-18-6-3-2-4-7-18/h2-4,6-7,9-12,15,21H,5,8,13-14,16H2,1H3,(H,25,26)/t21-/m0/s1. The molecule has 2 aromatic carbocycles. The lowest BCUT2D eigenvalue weighted by molar-refractivity contribution is 0.0953. The van der Waals surface area contributed by atoms with Gasteiger partial charge in [-0.15, -0.1) is 21.5 Å². The van der Waals surface area contributed by atoms with Crippen molar-refractivity contribution in [3.63, 3.8) is 0 Å². The fourth-order valence-electron chi connectivity index (χ4n) is 3.72. The van der Waals surface area contributed by atoms with Crippen LogP contribution in [0, 0.1) is 0 Å². The third-order valence-electron chi connectivity index (χ3n) is 5.40. The van der Waals surface area contributed by atoms with Gasteiger partial charge in [0.05, 0.1) is 25.5 Å². The quantitative estimate of drug-likeness (QED) is 0.312. The minimum atomic E-state index is 0.193. The molecule has 0 spiro atoms. The first-order chi connectivity index (χ1) is 16.3. The monoisotopic (exact) mass is 479 g/mol. The Bertz CT molecular complexity index is 1170. The van der Waals surface area contributed by atoms with E-state index in [0.717, 1.165) is 70.6 Å². The first-order valence-electron chi connectivity index (χ1n) is 10.9. The zero-order valence-corrected chi connectivity index (χ0v) is 19.9. The molecular formula is C24H25N5O2S2. The number of hydrogen-bond donors (Lipinski definition) is 1. The number of anilines is 2. The molecule has 3 heterocycles. The Morgan fingerprint density at radius 2 is 2.00 bits per heavy atom. The molecule has 1 fully saturated rings. The minimum absolute atomic E-state index is 0.193. The molecule has 4 aromatic rings. The first-order valence-corrected chi connectivity index (χ1v) is 12.7. The van der Waals surface area contributed by atoms with Crippen molar-refractivity contribution < 1.29 is 9.47 Å². The summed E-state index contributed by atoms with van der Waals surface area (Å²) in [6.07, 6.45) is 2.35. The van der Waals surface area contributed by atoms with Gasteiger partial charge in [0.2, 0.25) is 0 Å². The fourth-order valence-corrected chi connectivity index (χ4v) is 5.40. The molecule has 170 valence electrons. The second-order valence-electron chi connectivity index (χ2n) is 7.70. The Morgan fingerprint density at radius 3 is 2.76 bits per heavy atom. The van der Waals surface area contributed by atoms with E-state index in [2.05, 4.69) is 25.5 Å². The Kier molecular flexibility index (Phi) is 6.89. The van der Waals surface area contributed by atoms with Crippen LogP contribution in [0.2, 0.25) is 0 Å². The largest absolute Gasteiger partial charge is 0.497 e. The molecule has 0 saturated carbocycles. The molecule has 0 radical (unpaired) electrons. The van der Waals surface area contributed by atoms with Gasteiger partial charge in [-0.25, -0.2) is 4.98 Å². The summed E-state index contributed by atoms with van der Waals surface area (Å²) in [5, 5.41) is 16.2. The van der Waals surface area contributed by atoms with E-state index < -0.39 is 0 Å². The molecular weight excluding hydrogens is 454 g/mol. The van der Waals surface area contributed by atoms with Gasteiger partial charge in [0.25, 0.3) is 0 Å². The van der Waals surface area contributed by atoms with Gasteiger partial charge in [0.1, 0.15) is 5.75 Å². The highest BCUT2D eigenvalue weighted by Gasteiger charge is 2.22. The Balaban J connectivity index is 1.32. The van der Waals surface area contributed by atoms with E-state index in [9.17, 15) is 0 Å². The first kappa shape index (κ1) is 21.9. The maximum atomic E-state index is 5.91. The smallest absolute Gasteiger partial charge is 0.191 e. The second kappa shape index (κ2) is 10.4. The van der Waals surface area contributed by atoms with E-state index in [1.54, 1.807) is 30.2 Å². The van der Waals surface area contributed by atoms with E-state index in [1.807, 2.05) is 54.6 Å². The number of ether oxygens (including phenoxy) is 2. The van der Waals surface area contributed by atoms with Crippen LogP contribution in [-0.4, -0.2) is 39.6 Å². The average molecular weight is 480 g/mol. The highest BCUT2D eigenvalue weighted by atomic mass is 32.2. The van der Waals surface area contributed by atoms with Gasteiger partial charge in [0, 0.05) is 29.0 Å². The number of thioether (sulfide) groups is 1. The summed E-state index contributed by atoms with van der Waals surface area (Å²) in [6.45, 7) is 1.57. The zero-order chi connectivity index (χ0) is 22.5. The number of benzene rings is 2. The molecule has 1 aliphatic heterocycles.